The molecule has 0 bridgehead atoms. The summed E-state index contributed by atoms with van der Waals surface area (Å²) in [5.41, 5.74) is 1.06. The lowest BCUT2D eigenvalue weighted by Crippen LogP contribution is -2.46. The summed E-state index contributed by atoms with van der Waals surface area (Å²) < 4.78 is 1.52. The second kappa shape index (κ2) is 10.1. The number of non-ortho nitro benzene ring substituents is 1. The van der Waals surface area contributed by atoms with Crippen LogP contribution in [-0.2, 0) is 4.79 Å². The van der Waals surface area contributed by atoms with Crippen molar-refractivity contribution in [2.24, 2.45) is 11.3 Å². The predicted octanol–water partition coefficient (Wildman–Crippen LogP) is 2.34. The molecule has 2 heterocycles. The van der Waals surface area contributed by atoms with Gasteiger partial charge in [-0.15, -0.1) is 0 Å². The highest BCUT2D eigenvalue weighted by molar-refractivity contribution is 5.94. The van der Waals surface area contributed by atoms with Crippen molar-refractivity contribution in [3.63, 3.8) is 0 Å². The number of nitro groups is 1. The highest BCUT2D eigenvalue weighted by atomic mass is 16.6. The molecule has 0 saturated carbocycles. The molecule has 0 atom stereocenters. The van der Waals surface area contributed by atoms with Crippen LogP contribution in [0.2, 0.25) is 0 Å². The zero-order chi connectivity index (χ0) is 24.2. The Kier molecular flexibility index (Phi) is 7.47. The number of hydrogen-bond acceptors (Lipinski definition) is 6. The first-order chi connectivity index (χ1) is 15.6. The van der Waals surface area contributed by atoms with E-state index >= 15 is 0 Å². The molecule has 10 nitrogen and oxygen atoms in total. The summed E-state index contributed by atoms with van der Waals surface area (Å²) in [7, 11) is 4.04. The molecule has 3 rings (SSSR count). The van der Waals surface area contributed by atoms with Crippen molar-refractivity contribution in [2.45, 2.75) is 26.7 Å². The van der Waals surface area contributed by atoms with E-state index in [-0.39, 0.29) is 28.8 Å². The summed E-state index contributed by atoms with van der Waals surface area (Å²) in [5, 5.41) is 18.1. The minimum absolute atomic E-state index is 0.00428. The third-order valence-electron chi connectivity index (χ3n) is 5.79. The van der Waals surface area contributed by atoms with E-state index in [2.05, 4.69) is 29.2 Å². The lowest BCUT2D eigenvalue weighted by Gasteiger charge is -2.33. The van der Waals surface area contributed by atoms with Gasteiger partial charge in [-0.1, -0.05) is 13.8 Å². The van der Waals surface area contributed by atoms with E-state index in [4.69, 9.17) is 0 Å². The maximum atomic E-state index is 12.9. The van der Waals surface area contributed by atoms with Crippen LogP contribution in [0.3, 0.4) is 0 Å². The largest absolute Gasteiger partial charge is 0.355 e. The highest BCUT2D eigenvalue weighted by Gasteiger charge is 2.29. The Morgan fingerprint density at radius 1 is 1.21 bits per heavy atom. The van der Waals surface area contributed by atoms with Crippen LogP contribution in [-0.4, -0.2) is 76.6 Å². The summed E-state index contributed by atoms with van der Waals surface area (Å²) in [5.74, 6) is -0.166. The molecule has 1 saturated heterocycles. The molecule has 2 amide bonds. The number of nitro benzene ring substituents is 1. The second-order valence-electron chi connectivity index (χ2n) is 9.63. The molecule has 1 aliphatic rings. The number of hydrogen-bond donors (Lipinski definition) is 1. The summed E-state index contributed by atoms with van der Waals surface area (Å²) in [6, 6.07) is 5.97. The van der Waals surface area contributed by atoms with Crippen LogP contribution in [0.25, 0.3) is 5.69 Å². The zero-order valence-corrected chi connectivity index (χ0v) is 19.7. The van der Waals surface area contributed by atoms with Crippen molar-refractivity contribution in [3.8, 4) is 5.69 Å². The minimum atomic E-state index is -0.462. The van der Waals surface area contributed by atoms with Gasteiger partial charge in [-0.3, -0.25) is 19.7 Å². The lowest BCUT2D eigenvalue weighted by atomic mass is 9.91. The quantitative estimate of drug-likeness (QED) is 0.482. The number of rotatable bonds is 8. The molecule has 0 aliphatic carbocycles. The molecule has 0 radical (unpaired) electrons. The van der Waals surface area contributed by atoms with Crippen LogP contribution in [0.15, 0.2) is 36.7 Å². The number of aromatic nitrogens is 2. The maximum absolute atomic E-state index is 12.9. The van der Waals surface area contributed by atoms with E-state index in [9.17, 15) is 19.7 Å². The van der Waals surface area contributed by atoms with Crippen LogP contribution in [0.1, 0.15) is 37.0 Å². The monoisotopic (exact) mass is 456 g/mol. The van der Waals surface area contributed by atoms with Crippen molar-refractivity contribution in [3.05, 3.63) is 52.3 Å². The van der Waals surface area contributed by atoms with E-state index in [1.165, 1.54) is 23.0 Å². The summed E-state index contributed by atoms with van der Waals surface area (Å²) in [4.78, 5) is 39.7. The fourth-order valence-electron chi connectivity index (χ4n) is 4.21. The summed E-state index contributed by atoms with van der Waals surface area (Å²) >= 11 is 0. The molecular formula is C23H32N6O4. The number of carbonyl (C=O) groups is 2. The van der Waals surface area contributed by atoms with Crippen LogP contribution in [0.4, 0.5) is 5.69 Å². The van der Waals surface area contributed by atoms with Crippen molar-refractivity contribution in [1.82, 2.24) is 24.9 Å². The van der Waals surface area contributed by atoms with Crippen LogP contribution in [0.5, 0.6) is 0 Å². The molecule has 1 aliphatic heterocycles. The molecule has 0 spiro atoms. The van der Waals surface area contributed by atoms with E-state index in [0.717, 1.165) is 6.54 Å². The second-order valence-corrected chi connectivity index (χ2v) is 9.63. The number of piperidine rings is 1. The standard InChI is InChI=1S/C23H32N6O4/c1-23(2,16-26(3)4)15-24-21(30)17-9-11-27(12-10-17)22(31)18-13-25-28(14-18)19-5-7-20(8-6-19)29(32)33/h5-8,13-14,17H,9-12,15-16H2,1-4H3,(H,24,30). The lowest BCUT2D eigenvalue weighted by molar-refractivity contribution is -0.384. The fourth-order valence-corrected chi connectivity index (χ4v) is 4.21. The zero-order valence-electron chi connectivity index (χ0n) is 19.7. The van der Waals surface area contributed by atoms with Crippen molar-refractivity contribution < 1.29 is 14.5 Å². The molecule has 1 aromatic carbocycles. The Hall–Kier alpha value is -3.27. The van der Waals surface area contributed by atoms with Gasteiger partial charge in [0.25, 0.3) is 11.6 Å². The van der Waals surface area contributed by atoms with Crippen LogP contribution in [0, 0.1) is 21.4 Å². The number of amides is 2. The smallest absolute Gasteiger partial charge is 0.269 e. The number of carbonyl (C=O) groups excluding carboxylic acids is 2. The van der Waals surface area contributed by atoms with Crippen molar-refractivity contribution >= 4 is 17.5 Å². The molecular weight excluding hydrogens is 424 g/mol. The average molecular weight is 457 g/mol. The molecule has 0 unspecified atom stereocenters. The third kappa shape index (κ3) is 6.38. The molecule has 178 valence electrons. The van der Waals surface area contributed by atoms with E-state index < -0.39 is 4.92 Å². The normalized spacial score (nSPS) is 15.0. The first-order valence-corrected chi connectivity index (χ1v) is 11.1. The first kappa shape index (κ1) is 24.4. The predicted molar refractivity (Wildman–Crippen MR) is 124 cm³/mol. The van der Waals surface area contributed by atoms with E-state index in [1.54, 1.807) is 23.2 Å². The summed E-state index contributed by atoms with van der Waals surface area (Å²) in [6.45, 7) is 6.79. The van der Waals surface area contributed by atoms with E-state index in [1.807, 2.05) is 14.1 Å². The Morgan fingerprint density at radius 2 is 1.85 bits per heavy atom. The van der Waals surface area contributed by atoms with Gasteiger partial charge < -0.3 is 15.1 Å². The van der Waals surface area contributed by atoms with Gasteiger partial charge in [0.1, 0.15) is 0 Å². The number of nitrogens with zero attached hydrogens (tertiary/aromatic N) is 5. The topological polar surface area (TPSA) is 114 Å². The molecule has 1 fully saturated rings. The Morgan fingerprint density at radius 3 is 2.42 bits per heavy atom. The van der Waals surface area contributed by atoms with Crippen LogP contribution >= 0.6 is 0 Å². The Bertz CT molecular complexity index is 991. The number of benzene rings is 1. The van der Waals surface area contributed by atoms with Crippen molar-refractivity contribution in [1.29, 1.82) is 0 Å². The average Bonchev–Trinajstić information content (AvgIpc) is 3.26. The van der Waals surface area contributed by atoms with E-state index in [0.29, 0.717) is 43.7 Å². The van der Waals surface area contributed by atoms with Gasteiger partial charge in [-0.2, -0.15) is 5.10 Å². The molecule has 10 heteroatoms. The van der Waals surface area contributed by atoms with Gasteiger partial charge in [0.05, 0.1) is 22.4 Å². The van der Waals surface area contributed by atoms with Gasteiger partial charge in [0, 0.05) is 50.4 Å². The molecule has 33 heavy (non-hydrogen) atoms. The Balaban J connectivity index is 1.52. The molecule has 1 N–H and O–H groups in total. The van der Waals surface area contributed by atoms with Gasteiger partial charge in [0.2, 0.25) is 5.91 Å². The SMILES string of the molecule is CN(C)CC(C)(C)CNC(=O)C1CCN(C(=O)c2cnn(-c3ccc([N+](=O)[O-])cc3)c2)CC1. The third-order valence-corrected chi connectivity index (χ3v) is 5.79. The Labute approximate surface area is 193 Å². The van der Waals surface area contributed by atoms with Gasteiger partial charge >= 0.3 is 0 Å². The fraction of sp³-hybridized carbons (Fsp3) is 0.522. The number of nitrogens with one attached hydrogen (secondary N) is 1. The number of likely N-dealkylation sites (tertiary alicyclic amines) is 1. The molecule has 1 aromatic heterocycles. The molecule has 2 aromatic rings. The highest BCUT2D eigenvalue weighted by Crippen LogP contribution is 2.21. The maximum Gasteiger partial charge on any atom is 0.269 e. The van der Waals surface area contributed by atoms with Crippen LogP contribution < -0.4 is 5.32 Å². The van der Waals surface area contributed by atoms with Gasteiger partial charge in [-0.25, -0.2) is 4.68 Å². The summed E-state index contributed by atoms with van der Waals surface area (Å²) in [6.07, 6.45) is 4.37. The van der Waals surface area contributed by atoms with Gasteiger partial charge in [-0.05, 0) is 44.5 Å². The van der Waals surface area contributed by atoms with Gasteiger partial charge in [0.15, 0.2) is 0 Å². The minimum Gasteiger partial charge on any atom is -0.355 e. The van der Waals surface area contributed by atoms with Crippen molar-refractivity contribution in [2.75, 3.05) is 40.3 Å². The first-order valence-electron chi connectivity index (χ1n) is 11.1.